The van der Waals surface area contributed by atoms with Gasteiger partial charge in [-0.25, -0.2) is 0 Å². The van der Waals surface area contributed by atoms with Crippen molar-refractivity contribution in [3.63, 3.8) is 0 Å². The highest BCUT2D eigenvalue weighted by Crippen LogP contribution is 2.28. The maximum Gasteiger partial charge on any atom is 0.260 e. The van der Waals surface area contributed by atoms with Crippen molar-refractivity contribution in [3.8, 4) is 22.8 Å². The van der Waals surface area contributed by atoms with Crippen LogP contribution in [-0.2, 0) is 4.79 Å². The summed E-state index contributed by atoms with van der Waals surface area (Å²) in [7, 11) is 0. The van der Waals surface area contributed by atoms with Crippen molar-refractivity contribution >= 4 is 12.1 Å². The molecule has 21 heavy (non-hydrogen) atoms. The zero-order valence-corrected chi connectivity index (χ0v) is 11.4. The summed E-state index contributed by atoms with van der Waals surface area (Å²) in [5.41, 5.74) is 3.34. The summed E-state index contributed by atoms with van der Waals surface area (Å²) in [5, 5.41) is 6.63. The summed E-state index contributed by atoms with van der Waals surface area (Å²) in [6.07, 6.45) is 0.622. The molecular weight excluding hydrogens is 266 g/mol. The lowest BCUT2D eigenvalue weighted by Gasteiger charge is -2.02. The van der Waals surface area contributed by atoms with Crippen molar-refractivity contribution < 1.29 is 9.32 Å². The van der Waals surface area contributed by atoms with E-state index in [1.54, 1.807) is 6.07 Å². The number of benzene rings is 2. The van der Waals surface area contributed by atoms with E-state index in [4.69, 9.17) is 4.52 Å². The molecule has 1 heterocycles. The molecule has 5 nitrogen and oxygen atoms in total. The van der Waals surface area contributed by atoms with Gasteiger partial charge in [-0.05, 0) is 25.1 Å². The second-order valence-electron chi connectivity index (χ2n) is 4.60. The Bertz CT molecular complexity index is 780. The predicted octanol–water partition coefficient (Wildman–Crippen LogP) is 3.28. The molecule has 1 N–H and O–H groups in total. The number of anilines is 1. The first-order valence-electron chi connectivity index (χ1n) is 6.48. The van der Waals surface area contributed by atoms with Crippen LogP contribution in [0.2, 0.25) is 0 Å². The number of carbonyl (C=O) groups is 1. The van der Waals surface area contributed by atoms with Gasteiger partial charge >= 0.3 is 0 Å². The number of hydrogen-bond donors (Lipinski definition) is 1. The molecule has 0 fully saturated rings. The van der Waals surface area contributed by atoms with Gasteiger partial charge in [-0.2, -0.15) is 4.98 Å². The van der Waals surface area contributed by atoms with Crippen LogP contribution in [0, 0.1) is 6.92 Å². The van der Waals surface area contributed by atoms with E-state index in [1.165, 1.54) is 0 Å². The number of hydrogen-bond acceptors (Lipinski definition) is 4. The van der Waals surface area contributed by atoms with Crippen LogP contribution in [0.4, 0.5) is 5.69 Å². The van der Waals surface area contributed by atoms with Crippen molar-refractivity contribution in [1.29, 1.82) is 0 Å². The maximum absolute atomic E-state index is 10.6. The molecule has 0 aliphatic heterocycles. The van der Waals surface area contributed by atoms with E-state index < -0.39 is 0 Å². The molecule has 0 aliphatic carbocycles. The summed E-state index contributed by atoms with van der Waals surface area (Å²) in [5.74, 6) is 0.895. The predicted molar refractivity (Wildman–Crippen MR) is 79.6 cm³/mol. The van der Waals surface area contributed by atoms with Crippen molar-refractivity contribution in [2.45, 2.75) is 6.92 Å². The number of nitrogens with one attached hydrogen (secondary N) is 1. The van der Waals surface area contributed by atoms with Gasteiger partial charge in [0.25, 0.3) is 5.89 Å². The Labute approximate surface area is 121 Å². The third kappa shape index (κ3) is 2.67. The molecule has 0 atom stereocenters. The second kappa shape index (κ2) is 5.58. The molecule has 0 unspecified atom stereocenters. The number of para-hydroxylation sites is 1. The molecule has 5 heteroatoms. The van der Waals surface area contributed by atoms with Gasteiger partial charge in [0.15, 0.2) is 0 Å². The molecule has 104 valence electrons. The van der Waals surface area contributed by atoms with E-state index in [0.717, 1.165) is 11.1 Å². The summed E-state index contributed by atoms with van der Waals surface area (Å²) in [4.78, 5) is 15.0. The average Bonchev–Trinajstić information content (AvgIpc) is 2.98. The van der Waals surface area contributed by atoms with Crippen molar-refractivity contribution in [2.75, 3.05) is 5.32 Å². The topological polar surface area (TPSA) is 68.0 Å². The summed E-state index contributed by atoms with van der Waals surface area (Å²) < 4.78 is 5.31. The standard InChI is InChI=1S/C16H13N3O2/c1-11-5-4-6-12(9-11)15-18-16(21-19-15)13-7-2-3-8-14(13)17-10-20/h2-10H,1H3,(H,17,20). The van der Waals surface area contributed by atoms with E-state index in [1.807, 2.05) is 49.4 Å². The Balaban J connectivity index is 2.01. The Kier molecular flexibility index (Phi) is 3.47. The van der Waals surface area contributed by atoms with Crippen LogP contribution >= 0.6 is 0 Å². The number of rotatable bonds is 4. The SMILES string of the molecule is Cc1cccc(-c2noc(-c3ccccc3NC=O)n2)c1. The number of carbonyl (C=O) groups excluding carboxylic acids is 1. The average molecular weight is 279 g/mol. The van der Waals surface area contributed by atoms with Gasteiger partial charge in [0.2, 0.25) is 12.2 Å². The highest BCUT2D eigenvalue weighted by molar-refractivity contribution is 5.82. The summed E-state index contributed by atoms with van der Waals surface area (Å²) >= 11 is 0. The molecule has 2 aromatic carbocycles. The van der Waals surface area contributed by atoms with Crippen molar-refractivity contribution in [3.05, 3.63) is 54.1 Å². The fourth-order valence-corrected chi connectivity index (χ4v) is 2.09. The maximum atomic E-state index is 10.6. The number of amides is 1. The van der Waals surface area contributed by atoms with Crippen molar-refractivity contribution in [2.24, 2.45) is 0 Å². The minimum Gasteiger partial charge on any atom is -0.334 e. The summed E-state index contributed by atoms with van der Waals surface area (Å²) in [6, 6.07) is 15.1. The Hall–Kier alpha value is -2.95. The van der Waals surface area contributed by atoms with Gasteiger partial charge in [-0.15, -0.1) is 0 Å². The third-order valence-electron chi connectivity index (χ3n) is 3.07. The summed E-state index contributed by atoms with van der Waals surface area (Å²) in [6.45, 7) is 2.01. The molecule has 0 saturated carbocycles. The van der Waals surface area contributed by atoms with Crippen LogP contribution in [0.3, 0.4) is 0 Å². The number of aryl methyl sites for hydroxylation is 1. The molecule has 0 aliphatic rings. The lowest BCUT2D eigenvalue weighted by molar-refractivity contribution is -0.105. The molecule has 0 spiro atoms. The zero-order valence-electron chi connectivity index (χ0n) is 11.4. The molecule has 0 radical (unpaired) electrons. The highest BCUT2D eigenvalue weighted by Gasteiger charge is 2.13. The highest BCUT2D eigenvalue weighted by atomic mass is 16.5. The van der Waals surface area contributed by atoms with E-state index >= 15 is 0 Å². The second-order valence-corrected chi connectivity index (χ2v) is 4.60. The van der Waals surface area contributed by atoms with E-state index in [2.05, 4.69) is 15.5 Å². The zero-order chi connectivity index (χ0) is 14.7. The van der Waals surface area contributed by atoms with Gasteiger partial charge in [0.05, 0.1) is 11.3 Å². The van der Waals surface area contributed by atoms with Crippen LogP contribution in [0.25, 0.3) is 22.8 Å². The monoisotopic (exact) mass is 279 g/mol. The Morgan fingerprint density at radius 2 is 2.00 bits per heavy atom. The number of nitrogens with zero attached hydrogens (tertiary/aromatic N) is 2. The molecular formula is C16H13N3O2. The van der Waals surface area contributed by atoms with Gasteiger partial charge < -0.3 is 9.84 Å². The minimum absolute atomic E-state index is 0.372. The fourth-order valence-electron chi connectivity index (χ4n) is 2.09. The molecule has 1 aromatic heterocycles. The quantitative estimate of drug-likeness (QED) is 0.744. The largest absolute Gasteiger partial charge is 0.334 e. The molecule has 3 aromatic rings. The van der Waals surface area contributed by atoms with E-state index in [9.17, 15) is 4.79 Å². The molecule has 1 amide bonds. The van der Waals surface area contributed by atoms with Crippen LogP contribution < -0.4 is 5.32 Å². The lowest BCUT2D eigenvalue weighted by Crippen LogP contribution is -1.96. The number of aromatic nitrogens is 2. The first kappa shape index (κ1) is 13.1. The van der Waals surface area contributed by atoms with Gasteiger partial charge in [-0.1, -0.05) is 41.1 Å². The fraction of sp³-hybridized carbons (Fsp3) is 0.0625. The van der Waals surface area contributed by atoms with Crippen molar-refractivity contribution in [1.82, 2.24) is 10.1 Å². The van der Waals surface area contributed by atoms with Crippen LogP contribution in [0.15, 0.2) is 53.1 Å². The van der Waals surface area contributed by atoms with Crippen LogP contribution in [-0.4, -0.2) is 16.6 Å². The first-order valence-corrected chi connectivity index (χ1v) is 6.48. The van der Waals surface area contributed by atoms with Gasteiger partial charge in [0.1, 0.15) is 0 Å². The normalized spacial score (nSPS) is 10.3. The molecule has 3 rings (SSSR count). The third-order valence-corrected chi connectivity index (χ3v) is 3.07. The van der Waals surface area contributed by atoms with Crippen LogP contribution in [0.1, 0.15) is 5.56 Å². The molecule has 0 bridgehead atoms. The molecule has 0 saturated heterocycles. The minimum atomic E-state index is 0.372. The van der Waals surface area contributed by atoms with Crippen LogP contribution in [0.5, 0.6) is 0 Å². The van der Waals surface area contributed by atoms with Gasteiger partial charge in [0, 0.05) is 5.56 Å². The smallest absolute Gasteiger partial charge is 0.260 e. The lowest BCUT2D eigenvalue weighted by atomic mass is 10.1. The first-order chi connectivity index (χ1) is 10.3. The van der Waals surface area contributed by atoms with E-state index in [-0.39, 0.29) is 0 Å². The Morgan fingerprint density at radius 3 is 2.81 bits per heavy atom. The van der Waals surface area contributed by atoms with Gasteiger partial charge in [-0.3, -0.25) is 4.79 Å². The van der Waals surface area contributed by atoms with E-state index in [0.29, 0.717) is 29.4 Å². The Morgan fingerprint density at radius 1 is 1.14 bits per heavy atom.